The minimum atomic E-state index is -1.24. The van der Waals surface area contributed by atoms with Gasteiger partial charge < -0.3 is 14.4 Å². The SMILES string of the molecule is CC(C)(C)OC(=O)N1CC[C@@H](Oc2cccnc2)[C@@H](F)C1. The molecule has 1 aliphatic heterocycles. The summed E-state index contributed by atoms with van der Waals surface area (Å²) in [6.07, 6.45) is 1.32. The molecule has 0 spiro atoms. The lowest BCUT2D eigenvalue weighted by molar-refractivity contribution is -0.0106. The number of pyridine rings is 1. The third-order valence-corrected chi connectivity index (χ3v) is 3.06. The molecule has 116 valence electrons. The van der Waals surface area contributed by atoms with Crippen LogP contribution in [0.2, 0.25) is 0 Å². The molecule has 2 rings (SSSR count). The molecule has 2 atom stereocenters. The van der Waals surface area contributed by atoms with Crippen molar-refractivity contribution >= 4 is 6.09 Å². The largest absolute Gasteiger partial charge is 0.486 e. The first-order valence-corrected chi connectivity index (χ1v) is 7.04. The predicted molar refractivity (Wildman–Crippen MR) is 76.0 cm³/mol. The van der Waals surface area contributed by atoms with Gasteiger partial charge in [0.1, 0.15) is 17.5 Å². The molecule has 0 bridgehead atoms. The summed E-state index contributed by atoms with van der Waals surface area (Å²) in [6, 6.07) is 3.47. The van der Waals surface area contributed by atoms with Gasteiger partial charge in [0.25, 0.3) is 0 Å². The average Bonchev–Trinajstić information content (AvgIpc) is 2.40. The molecule has 0 aromatic carbocycles. The number of aromatic nitrogens is 1. The molecule has 2 heterocycles. The molecule has 0 unspecified atom stereocenters. The molecule has 1 aromatic rings. The fourth-order valence-corrected chi connectivity index (χ4v) is 2.10. The van der Waals surface area contributed by atoms with Crippen molar-refractivity contribution in [1.29, 1.82) is 0 Å². The van der Waals surface area contributed by atoms with Crippen LogP contribution in [-0.2, 0) is 4.74 Å². The van der Waals surface area contributed by atoms with Gasteiger partial charge in [-0.1, -0.05) is 0 Å². The van der Waals surface area contributed by atoms with Gasteiger partial charge in [0, 0.05) is 19.2 Å². The molecule has 1 aliphatic rings. The summed E-state index contributed by atoms with van der Waals surface area (Å²) in [7, 11) is 0. The van der Waals surface area contributed by atoms with Crippen LogP contribution < -0.4 is 4.74 Å². The highest BCUT2D eigenvalue weighted by Crippen LogP contribution is 2.22. The van der Waals surface area contributed by atoms with Gasteiger partial charge in [-0.2, -0.15) is 0 Å². The summed E-state index contributed by atoms with van der Waals surface area (Å²) in [6.45, 7) is 5.77. The first-order chi connectivity index (χ1) is 9.85. The molecular weight excluding hydrogens is 275 g/mol. The van der Waals surface area contributed by atoms with Crippen LogP contribution in [0.3, 0.4) is 0 Å². The van der Waals surface area contributed by atoms with E-state index in [0.29, 0.717) is 18.7 Å². The second-order valence-corrected chi connectivity index (χ2v) is 6.08. The van der Waals surface area contributed by atoms with Gasteiger partial charge in [-0.15, -0.1) is 0 Å². The summed E-state index contributed by atoms with van der Waals surface area (Å²) in [4.78, 5) is 17.2. The molecular formula is C15H21FN2O3. The number of likely N-dealkylation sites (tertiary alicyclic amines) is 1. The number of halogens is 1. The first kappa shape index (κ1) is 15.5. The van der Waals surface area contributed by atoms with Crippen molar-refractivity contribution in [3.63, 3.8) is 0 Å². The van der Waals surface area contributed by atoms with Crippen LogP contribution in [0.1, 0.15) is 27.2 Å². The third kappa shape index (κ3) is 4.58. The van der Waals surface area contributed by atoms with Crippen LogP contribution in [0, 0.1) is 0 Å². The number of nitrogens with zero attached hydrogens (tertiary/aromatic N) is 2. The lowest BCUT2D eigenvalue weighted by Gasteiger charge is -2.35. The van der Waals surface area contributed by atoms with E-state index >= 15 is 0 Å². The van der Waals surface area contributed by atoms with Gasteiger partial charge in [-0.25, -0.2) is 9.18 Å². The van der Waals surface area contributed by atoms with E-state index in [9.17, 15) is 9.18 Å². The molecule has 0 radical (unpaired) electrons. The number of rotatable bonds is 2. The Bertz CT molecular complexity index is 476. The van der Waals surface area contributed by atoms with E-state index in [2.05, 4.69) is 4.98 Å². The zero-order chi connectivity index (χ0) is 15.5. The van der Waals surface area contributed by atoms with Gasteiger partial charge in [0.15, 0.2) is 6.17 Å². The number of hydrogen-bond donors (Lipinski definition) is 0. The molecule has 0 aliphatic carbocycles. The summed E-state index contributed by atoms with van der Waals surface area (Å²) < 4.78 is 25.0. The quantitative estimate of drug-likeness (QED) is 0.842. The molecule has 6 heteroatoms. The van der Waals surface area contributed by atoms with E-state index in [1.54, 1.807) is 45.3 Å². The molecule has 5 nitrogen and oxygen atoms in total. The maximum absolute atomic E-state index is 14.2. The zero-order valence-electron chi connectivity index (χ0n) is 12.6. The Morgan fingerprint density at radius 3 is 2.81 bits per heavy atom. The first-order valence-electron chi connectivity index (χ1n) is 7.04. The Balaban J connectivity index is 1.89. The Morgan fingerprint density at radius 1 is 1.48 bits per heavy atom. The van der Waals surface area contributed by atoms with Gasteiger partial charge in [-0.3, -0.25) is 4.98 Å². The number of carbonyl (C=O) groups excluding carboxylic acids is 1. The normalized spacial score (nSPS) is 22.8. The van der Waals surface area contributed by atoms with Gasteiger partial charge >= 0.3 is 6.09 Å². The number of hydrogen-bond acceptors (Lipinski definition) is 4. The minimum Gasteiger partial charge on any atom is -0.486 e. The Morgan fingerprint density at radius 2 is 2.24 bits per heavy atom. The summed E-state index contributed by atoms with van der Waals surface area (Å²) in [5.41, 5.74) is -0.577. The monoisotopic (exact) mass is 296 g/mol. The highest BCUT2D eigenvalue weighted by atomic mass is 19.1. The van der Waals surface area contributed by atoms with E-state index in [1.807, 2.05) is 0 Å². The predicted octanol–water partition coefficient (Wildman–Crippen LogP) is 2.81. The Labute approximate surface area is 124 Å². The number of ether oxygens (including phenoxy) is 2. The van der Waals surface area contributed by atoms with Crippen LogP contribution in [0.5, 0.6) is 5.75 Å². The maximum Gasteiger partial charge on any atom is 0.410 e. The van der Waals surface area contributed by atoms with Crippen molar-refractivity contribution in [2.24, 2.45) is 0 Å². The van der Waals surface area contributed by atoms with Gasteiger partial charge in [-0.05, 0) is 32.9 Å². The van der Waals surface area contributed by atoms with Gasteiger partial charge in [0.2, 0.25) is 0 Å². The zero-order valence-corrected chi connectivity index (χ0v) is 12.6. The number of piperidine rings is 1. The Kier molecular flexibility index (Phi) is 4.65. The van der Waals surface area contributed by atoms with E-state index in [1.165, 1.54) is 4.90 Å². The van der Waals surface area contributed by atoms with Crippen molar-refractivity contribution in [2.45, 2.75) is 45.1 Å². The number of alkyl halides is 1. The maximum atomic E-state index is 14.2. The summed E-state index contributed by atoms with van der Waals surface area (Å²) in [5, 5.41) is 0. The standard InChI is InChI=1S/C15H21FN2O3/c1-15(2,3)21-14(19)18-8-6-13(12(16)10-18)20-11-5-4-7-17-9-11/h4-5,7,9,12-13H,6,8,10H2,1-3H3/t12-,13+/m0/s1. The smallest absolute Gasteiger partial charge is 0.410 e. The van der Waals surface area contributed by atoms with E-state index in [0.717, 1.165) is 0 Å². The average molecular weight is 296 g/mol. The molecule has 1 amide bonds. The molecule has 21 heavy (non-hydrogen) atoms. The topological polar surface area (TPSA) is 51.7 Å². The second-order valence-electron chi connectivity index (χ2n) is 6.08. The lowest BCUT2D eigenvalue weighted by Crippen LogP contribution is -2.50. The van der Waals surface area contributed by atoms with Crippen molar-refractivity contribution in [2.75, 3.05) is 13.1 Å². The fourth-order valence-electron chi connectivity index (χ4n) is 2.10. The summed E-state index contributed by atoms with van der Waals surface area (Å²) >= 11 is 0. The second kappa shape index (κ2) is 6.28. The molecule has 0 N–H and O–H groups in total. The fraction of sp³-hybridized carbons (Fsp3) is 0.600. The Hall–Kier alpha value is -1.85. The van der Waals surface area contributed by atoms with Crippen molar-refractivity contribution < 1.29 is 18.7 Å². The van der Waals surface area contributed by atoms with Gasteiger partial charge in [0.05, 0.1) is 12.7 Å². The third-order valence-electron chi connectivity index (χ3n) is 3.06. The van der Waals surface area contributed by atoms with E-state index in [4.69, 9.17) is 9.47 Å². The lowest BCUT2D eigenvalue weighted by atomic mass is 10.1. The number of carbonyl (C=O) groups is 1. The van der Waals surface area contributed by atoms with Crippen molar-refractivity contribution in [3.8, 4) is 5.75 Å². The van der Waals surface area contributed by atoms with Crippen molar-refractivity contribution in [1.82, 2.24) is 9.88 Å². The summed E-state index contributed by atoms with van der Waals surface area (Å²) in [5.74, 6) is 0.538. The molecule has 0 saturated carbocycles. The van der Waals surface area contributed by atoms with Crippen LogP contribution in [0.4, 0.5) is 9.18 Å². The minimum absolute atomic E-state index is 0.0140. The van der Waals surface area contributed by atoms with E-state index < -0.39 is 24.0 Å². The molecule has 1 aromatic heterocycles. The van der Waals surface area contributed by atoms with Crippen LogP contribution in [0.15, 0.2) is 24.5 Å². The van der Waals surface area contributed by atoms with Crippen LogP contribution in [-0.4, -0.2) is 46.9 Å². The van der Waals surface area contributed by atoms with Crippen LogP contribution in [0.25, 0.3) is 0 Å². The number of amides is 1. The molecule has 1 saturated heterocycles. The van der Waals surface area contributed by atoms with Crippen molar-refractivity contribution in [3.05, 3.63) is 24.5 Å². The highest BCUT2D eigenvalue weighted by Gasteiger charge is 2.34. The molecule has 1 fully saturated rings. The van der Waals surface area contributed by atoms with Crippen LogP contribution >= 0.6 is 0 Å². The highest BCUT2D eigenvalue weighted by molar-refractivity contribution is 5.68. The van der Waals surface area contributed by atoms with E-state index in [-0.39, 0.29) is 6.54 Å².